The van der Waals surface area contributed by atoms with Crippen LogP contribution in [0, 0.1) is 0 Å². The third-order valence-electron chi connectivity index (χ3n) is 4.66. The van der Waals surface area contributed by atoms with Crippen molar-refractivity contribution in [2.24, 2.45) is 0 Å². The largest absolute Gasteiger partial charge is 0.496 e. The molecule has 0 atom stereocenters. The molecule has 0 radical (unpaired) electrons. The van der Waals surface area contributed by atoms with Crippen molar-refractivity contribution in [2.45, 2.75) is 19.9 Å². The van der Waals surface area contributed by atoms with Crippen LogP contribution in [0.2, 0.25) is 0 Å². The monoisotopic (exact) mass is 390 g/mol. The second-order valence-corrected chi connectivity index (χ2v) is 6.58. The van der Waals surface area contributed by atoms with Crippen LogP contribution in [0.5, 0.6) is 5.75 Å². The SMILES string of the molecule is CCN(Cc1ccccc1)C(=O)c1cc(NCCc2ccccc2OC)ncn1. The maximum atomic E-state index is 12.9. The van der Waals surface area contributed by atoms with Gasteiger partial charge in [0.25, 0.3) is 5.91 Å². The minimum absolute atomic E-state index is 0.105. The number of hydrogen-bond acceptors (Lipinski definition) is 5. The Hall–Kier alpha value is -3.41. The lowest BCUT2D eigenvalue weighted by molar-refractivity contribution is 0.0746. The van der Waals surface area contributed by atoms with Crippen molar-refractivity contribution in [2.75, 3.05) is 25.5 Å². The normalized spacial score (nSPS) is 10.4. The van der Waals surface area contributed by atoms with Crippen LogP contribution in [0.15, 0.2) is 67.0 Å². The van der Waals surface area contributed by atoms with E-state index >= 15 is 0 Å². The Morgan fingerprint density at radius 1 is 1.07 bits per heavy atom. The van der Waals surface area contributed by atoms with Crippen molar-refractivity contribution in [1.29, 1.82) is 0 Å². The molecular weight excluding hydrogens is 364 g/mol. The van der Waals surface area contributed by atoms with Crippen LogP contribution in [-0.4, -0.2) is 41.0 Å². The minimum atomic E-state index is -0.105. The second-order valence-electron chi connectivity index (χ2n) is 6.58. The molecule has 0 aliphatic carbocycles. The fraction of sp³-hybridized carbons (Fsp3) is 0.261. The Balaban J connectivity index is 1.62. The maximum Gasteiger partial charge on any atom is 0.272 e. The number of anilines is 1. The molecule has 1 N–H and O–H groups in total. The molecule has 1 aromatic heterocycles. The predicted molar refractivity (Wildman–Crippen MR) is 114 cm³/mol. The van der Waals surface area contributed by atoms with Gasteiger partial charge in [0.1, 0.15) is 23.6 Å². The van der Waals surface area contributed by atoms with Crippen molar-refractivity contribution < 1.29 is 9.53 Å². The maximum absolute atomic E-state index is 12.9. The van der Waals surface area contributed by atoms with E-state index in [1.54, 1.807) is 18.1 Å². The van der Waals surface area contributed by atoms with Gasteiger partial charge >= 0.3 is 0 Å². The third kappa shape index (κ3) is 5.54. The van der Waals surface area contributed by atoms with E-state index in [0.717, 1.165) is 23.3 Å². The number of nitrogens with zero attached hydrogens (tertiary/aromatic N) is 3. The summed E-state index contributed by atoms with van der Waals surface area (Å²) in [6.45, 7) is 3.80. The number of nitrogens with one attached hydrogen (secondary N) is 1. The minimum Gasteiger partial charge on any atom is -0.496 e. The van der Waals surface area contributed by atoms with Crippen LogP contribution in [0.25, 0.3) is 0 Å². The number of ether oxygens (including phenoxy) is 1. The van der Waals surface area contributed by atoms with Gasteiger partial charge < -0.3 is 15.0 Å². The molecule has 1 heterocycles. The second kappa shape index (κ2) is 10.2. The van der Waals surface area contributed by atoms with Crippen LogP contribution in [0.3, 0.4) is 0 Å². The van der Waals surface area contributed by atoms with E-state index in [1.165, 1.54) is 6.33 Å². The van der Waals surface area contributed by atoms with E-state index in [9.17, 15) is 4.79 Å². The number of aromatic nitrogens is 2. The first-order valence-corrected chi connectivity index (χ1v) is 9.72. The number of methoxy groups -OCH3 is 1. The van der Waals surface area contributed by atoms with E-state index in [1.807, 2.05) is 61.5 Å². The number of hydrogen-bond donors (Lipinski definition) is 1. The highest BCUT2D eigenvalue weighted by Gasteiger charge is 2.16. The van der Waals surface area contributed by atoms with Crippen molar-refractivity contribution in [1.82, 2.24) is 14.9 Å². The molecule has 6 heteroatoms. The highest BCUT2D eigenvalue weighted by molar-refractivity contribution is 5.92. The quantitative estimate of drug-likeness (QED) is 0.602. The summed E-state index contributed by atoms with van der Waals surface area (Å²) < 4.78 is 5.38. The molecule has 0 saturated carbocycles. The van der Waals surface area contributed by atoms with Gasteiger partial charge in [-0.3, -0.25) is 4.79 Å². The van der Waals surface area contributed by atoms with Crippen molar-refractivity contribution >= 4 is 11.7 Å². The van der Waals surface area contributed by atoms with E-state index in [4.69, 9.17) is 4.74 Å². The highest BCUT2D eigenvalue weighted by atomic mass is 16.5. The van der Waals surface area contributed by atoms with Gasteiger partial charge in [0, 0.05) is 25.7 Å². The molecule has 0 fully saturated rings. The summed E-state index contributed by atoms with van der Waals surface area (Å²) >= 11 is 0. The Morgan fingerprint density at radius 3 is 2.59 bits per heavy atom. The molecule has 150 valence electrons. The topological polar surface area (TPSA) is 67.4 Å². The first-order valence-electron chi connectivity index (χ1n) is 9.72. The van der Waals surface area contributed by atoms with Crippen LogP contribution < -0.4 is 10.1 Å². The van der Waals surface area contributed by atoms with Crippen molar-refractivity contribution in [3.63, 3.8) is 0 Å². The van der Waals surface area contributed by atoms with Gasteiger partial charge in [-0.1, -0.05) is 48.5 Å². The summed E-state index contributed by atoms with van der Waals surface area (Å²) in [7, 11) is 1.67. The van der Waals surface area contributed by atoms with Crippen LogP contribution in [0.1, 0.15) is 28.5 Å². The fourth-order valence-electron chi connectivity index (χ4n) is 3.10. The summed E-state index contributed by atoms with van der Waals surface area (Å²) in [6.07, 6.45) is 2.21. The molecule has 29 heavy (non-hydrogen) atoms. The zero-order chi connectivity index (χ0) is 20.5. The summed E-state index contributed by atoms with van der Waals surface area (Å²) in [6, 6.07) is 19.6. The van der Waals surface area contributed by atoms with Gasteiger partial charge in [-0.05, 0) is 30.5 Å². The number of benzene rings is 2. The van der Waals surface area contributed by atoms with Gasteiger partial charge in [0.05, 0.1) is 7.11 Å². The lowest BCUT2D eigenvalue weighted by Crippen LogP contribution is -2.31. The number of carbonyl (C=O) groups excluding carboxylic acids is 1. The molecular formula is C23H26N4O2. The lowest BCUT2D eigenvalue weighted by atomic mass is 10.1. The van der Waals surface area contributed by atoms with Gasteiger partial charge in [-0.15, -0.1) is 0 Å². The predicted octanol–water partition coefficient (Wildman–Crippen LogP) is 3.80. The molecule has 6 nitrogen and oxygen atoms in total. The summed E-state index contributed by atoms with van der Waals surface area (Å²) in [5.41, 5.74) is 2.59. The summed E-state index contributed by atoms with van der Waals surface area (Å²) in [5.74, 6) is 1.40. The molecule has 0 aliphatic rings. The molecule has 0 aliphatic heterocycles. The van der Waals surface area contributed by atoms with Crippen molar-refractivity contribution in [3.8, 4) is 5.75 Å². The number of carbonyl (C=O) groups is 1. The van der Waals surface area contributed by atoms with Crippen LogP contribution in [0.4, 0.5) is 5.82 Å². The zero-order valence-electron chi connectivity index (χ0n) is 16.8. The molecule has 2 aromatic carbocycles. The lowest BCUT2D eigenvalue weighted by Gasteiger charge is -2.20. The smallest absolute Gasteiger partial charge is 0.272 e. The van der Waals surface area contributed by atoms with Gasteiger partial charge in [-0.25, -0.2) is 9.97 Å². The molecule has 0 bridgehead atoms. The van der Waals surface area contributed by atoms with E-state index < -0.39 is 0 Å². The summed E-state index contributed by atoms with van der Waals surface area (Å²) in [4.78, 5) is 23.1. The molecule has 0 saturated heterocycles. The Morgan fingerprint density at radius 2 is 1.83 bits per heavy atom. The third-order valence-corrected chi connectivity index (χ3v) is 4.66. The zero-order valence-corrected chi connectivity index (χ0v) is 16.8. The number of para-hydroxylation sites is 1. The summed E-state index contributed by atoms with van der Waals surface area (Å²) in [5, 5.41) is 3.27. The Kier molecular flexibility index (Phi) is 7.16. The van der Waals surface area contributed by atoms with E-state index in [-0.39, 0.29) is 5.91 Å². The van der Waals surface area contributed by atoms with Gasteiger partial charge in [-0.2, -0.15) is 0 Å². The number of amides is 1. The molecule has 0 unspecified atom stereocenters. The van der Waals surface area contributed by atoms with Gasteiger partial charge in [0.15, 0.2) is 0 Å². The Labute approximate surface area is 171 Å². The van der Waals surface area contributed by atoms with E-state index in [2.05, 4.69) is 15.3 Å². The molecule has 1 amide bonds. The molecule has 0 spiro atoms. The first kappa shape index (κ1) is 20.3. The standard InChI is InChI=1S/C23H26N4O2/c1-3-27(16-18-9-5-4-6-10-18)23(28)20-15-22(26-17-25-20)24-14-13-19-11-7-8-12-21(19)29-2/h4-12,15,17H,3,13-14,16H2,1-2H3,(H,24,25,26). The first-order chi connectivity index (χ1) is 14.2. The van der Waals surface area contributed by atoms with Gasteiger partial charge in [0.2, 0.25) is 0 Å². The van der Waals surface area contributed by atoms with Crippen LogP contribution in [-0.2, 0) is 13.0 Å². The molecule has 3 aromatic rings. The van der Waals surface area contributed by atoms with Crippen LogP contribution >= 0.6 is 0 Å². The molecule has 3 rings (SSSR count). The average molecular weight is 390 g/mol. The highest BCUT2D eigenvalue weighted by Crippen LogP contribution is 2.18. The Bertz CT molecular complexity index is 931. The van der Waals surface area contributed by atoms with Crippen molar-refractivity contribution in [3.05, 3.63) is 83.8 Å². The fourth-order valence-corrected chi connectivity index (χ4v) is 3.10. The average Bonchev–Trinajstić information content (AvgIpc) is 2.78. The van der Waals surface area contributed by atoms with E-state index in [0.29, 0.717) is 31.1 Å². The number of rotatable bonds is 9.